The van der Waals surface area contributed by atoms with Gasteiger partial charge in [0.05, 0.1) is 6.04 Å². The Kier molecular flexibility index (Phi) is 7.85. The number of benzene rings is 2. The molecule has 5 rings (SSSR count). The molecule has 0 bridgehead atoms. The number of rotatable bonds is 7. The average Bonchev–Trinajstić information content (AvgIpc) is 3.40. The molecule has 1 fully saturated rings. The Bertz CT molecular complexity index is 1330. The lowest BCUT2D eigenvalue weighted by Gasteiger charge is -2.37. The molecule has 2 amide bonds. The molecule has 9 heteroatoms. The number of hydrogen-bond donors (Lipinski definition) is 0. The van der Waals surface area contributed by atoms with Crippen molar-refractivity contribution in [2.24, 2.45) is 0 Å². The van der Waals surface area contributed by atoms with E-state index < -0.39 is 0 Å². The van der Waals surface area contributed by atoms with Crippen LogP contribution in [0, 0.1) is 5.82 Å². The first-order valence-electron chi connectivity index (χ1n) is 12.8. The van der Waals surface area contributed by atoms with Crippen LogP contribution in [0.2, 0.25) is 0 Å². The second-order valence-electron chi connectivity index (χ2n) is 9.58. The third-order valence-electron chi connectivity index (χ3n) is 7.09. The monoisotopic (exact) mass is 534 g/mol. The van der Waals surface area contributed by atoms with Crippen molar-refractivity contribution in [3.05, 3.63) is 93.7 Å². The minimum absolute atomic E-state index is 0.0539. The molecule has 38 heavy (non-hydrogen) atoms. The van der Waals surface area contributed by atoms with E-state index in [-0.39, 0.29) is 30.3 Å². The lowest BCUT2D eigenvalue weighted by Crippen LogP contribution is -2.48. The highest BCUT2D eigenvalue weighted by Crippen LogP contribution is 2.37. The summed E-state index contributed by atoms with van der Waals surface area (Å²) in [6.45, 7) is 9.96. The molecule has 0 spiro atoms. The SMILES string of the molecule is C=CCN1CCN(C(=O)c2csc(COc3ccc4c(c3)[C@H](c3cccc(F)c3)N(C(C)=O)CC4)n2)CC1. The maximum absolute atomic E-state index is 14.1. The maximum Gasteiger partial charge on any atom is 0.273 e. The summed E-state index contributed by atoms with van der Waals surface area (Å²) in [4.78, 5) is 35.8. The van der Waals surface area contributed by atoms with Gasteiger partial charge in [0.15, 0.2) is 0 Å². The quantitative estimate of drug-likeness (QED) is 0.423. The maximum atomic E-state index is 14.1. The highest BCUT2D eigenvalue weighted by Gasteiger charge is 2.31. The van der Waals surface area contributed by atoms with Crippen molar-refractivity contribution in [2.75, 3.05) is 39.3 Å². The van der Waals surface area contributed by atoms with E-state index in [0.29, 0.717) is 36.1 Å². The Morgan fingerprint density at radius 1 is 1.16 bits per heavy atom. The summed E-state index contributed by atoms with van der Waals surface area (Å²) in [6.07, 6.45) is 2.61. The third kappa shape index (κ3) is 5.63. The van der Waals surface area contributed by atoms with Crippen molar-refractivity contribution in [3.8, 4) is 5.75 Å². The summed E-state index contributed by atoms with van der Waals surface area (Å²) in [7, 11) is 0. The predicted molar refractivity (Wildman–Crippen MR) is 145 cm³/mol. The van der Waals surface area contributed by atoms with E-state index in [9.17, 15) is 14.0 Å². The Morgan fingerprint density at radius 3 is 2.71 bits per heavy atom. The highest BCUT2D eigenvalue weighted by molar-refractivity contribution is 7.09. The largest absolute Gasteiger partial charge is 0.486 e. The summed E-state index contributed by atoms with van der Waals surface area (Å²) >= 11 is 1.40. The van der Waals surface area contributed by atoms with Crippen molar-refractivity contribution in [3.63, 3.8) is 0 Å². The van der Waals surface area contributed by atoms with Gasteiger partial charge in [0, 0.05) is 51.6 Å². The highest BCUT2D eigenvalue weighted by atomic mass is 32.1. The number of carbonyl (C=O) groups excluding carboxylic acids is 2. The van der Waals surface area contributed by atoms with E-state index in [1.54, 1.807) is 23.3 Å². The molecule has 0 saturated carbocycles. The van der Waals surface area contributed by atoms with Gasteiger partial charge in [-0.3, -0.25) is 14.5 Å². The van der Waals surface area contributed by atoms with E-state index in [1.165, 1.54) is 23.5 Å². The standard InChI is InChI=1S/C29H31FN4O3S/c1-3-10-32-12-14-33(15-13-32)29(36)26-19-38-27(31-26)18-37-24-8-7-21-9-11-34(20(2)35)28(25(21)17-24)22-5-4-6-23(30)16-22/h3-8,16-17,19,28H,1,9-15,18H2,2H3/t28-/m0/s1. The number of thiazole rings is 1. The minimum Gasteiger partial charge on any atom is -0.486 e. The fourth-order valence-corrected chi connectivity index (χ4v) is 5.84. The predicted octanol–water partition coefficient (Wildman–Crippen LogP) is 4.30. The van der Waals surface area contributed by atoms with Crippen molar-refractivity contribution in [1.29, 1.82) is 0 Å². The third-order valence-corrected chi connectivity index (χ3v) is 7.92. The average molecular weight is 535 g/mol. The molecule has 2 aliphatic heterocycles. The molecule has 3 heterocycles. The Morgan fingerprint density at radius 2 is 1.97 bits per heavy atom. The van der Waals surface area contributed by atoms with Crippen LogP contribution in [0.1, 0.15) is 45.2 Å². The fraction of sp³-hybridized carbons (Fsp3) is 0.345. The summed E-state index contributed by atoms with van der Waals surface area (Å²) in [5.41, 5.74) is 3.21. The first-order valence-corrected chi connectivity index (χ1v) is 13.7. The number of hydrogen-bond acceptors (Lipinski definition) is 6. The van der Waals surface area contributed by atoms with Gasteiger partial charge in [-0.2, -0.15) is 0 Å². The van der Waals surface area contributed by atoms with E-state index in [4.69, 9.17) is 4.74 Å². The Labute approximate surface area is 226 Å². The zero-order valence-electron chi connectivity index (χ0n) is 21.4. The number of ether oxygens (including phenoxy) is 1. The lowest BCUT2D eigenvalue weighted by atomic mass is 9.88. The minimum atomic E-state index is -0.383. The lowest BCUT2D eigenvalue weighted by molar-refractivity contribution is -0.130. The summed E-state index contributed by atoms with van der Waals surface area (Å²) in [5.74, 6) is 0.190. The first-order chi connectivity index (χ1) is 18.4. The zero-order chi connectivity index (χ0) is 26.6. The zero-order valence-corrected chi connectivity index (χ0v) is 22.3. The molecular formula is C29H31FN4O3S. The van der Waals surface area contributed by atoms with Gasteiger partial charge in [0.1, 0.15) is 28.9 Å². The van der Waals surface area contributed by atoms with Gasteiger partial charge in [0.25, 0.3) is 5.91 Å². The number of amides is 2. The molecule has 2 aromatic carbocycles. The van der Waals surface area contributed by atoms with Gasteiger partial charge in [-0.25, -0.2) is 9.37 Å². The molecule has 1 aromatic heterocycles. The molecule has 1 saturated heterocycles. The van der Waals surface area contributed by atoms with Crippen LogP contribution in [-0.4, -0.2) is 70.8 Å². The molecule has 0 aliphatic carbocycles. The van der Waals surface area contributed by atoms with Crippen LogP contribution in [0.4, 0.5) is 4.39 Å². The van der Waals surface area contributed by atoms with Crippen molar-refractivity contribution < 1.29 is 18.7 Å². The molecule has 0 radical (unpaired) electrons. The van der Waals surface area contributed by atoms with Crippen LogP contribution < -0.4 is 4.74 Å². The number of fused-ring (bicyclic) bond motifs is 1. The van der Waals surface area contributed by atoms with Crippen molar-refractivity contribution >= 4 is 23.2 Å². The summed E-state index contributed by atoms with van der Waals surface area (Å²) < 4.78 is 20.1. The summed E-state index contributed by atoms with van der Waals surface area (Å²) in [6, 6.07) is 11.9. The number of aromatic nitrogens is 1. The van der Waals surface area contributed by atoms with Crippen LogP contribution in [0.15, 0.2) is 60.5 Å². The molecule has 1 atom stereocenters. The van der Waals surface area contributed by atoms with Crippen molar-refractivity contribution in [2.45, 2.75) is 26.0 Å². The number of nitrogens with zero attached hydrogens (tertiary/aromatic N) is 4. The normalized spacial score (nSPS) is 17.7. The van der Waals surface area contributed by atoms with E-state index >= 15 is 0 Å². The second-order valence-corrected chi connectivity index (χ2v) is 10.5. The fourth-order valence-electron chi connectivity index (χ4n) is 5.16. The second kappa shape index (κ2) is 11.4. The van der Waals surface area contributed by atoms with Gasteiger partial charge in [-0.05, 0) is 47.4 Å². The molecule has 3 aromatic rings. The molecule has 0 unspecified atom stereocenters. The molecular weight excluding hydrogens is 503 g/mol. The van der Waals surface area contributed by atoms with E-state index in [2.05, 4.69) is 16.5 Å². The Balaban J connectivity index is 1.28. The topological polar surface area (TPSA) is 66.0 Å². The number of carbonyl (C=O) groups is 2. The van der Waals surface area contributed by atoms with Gasteiger partial charge in [-0.15, -0.1) is 17.9 Å². The molecule has 2 aliphatic rings. The van der Waals surface area contributed by atoms with E-state index in [1.807, 2.05) is 35.2 Å². The Hall–Kier alpha value is -3.56. The van der Waals surface area contributed by atoms with Crippen molar-refractivity contribution in [1.82, 2.24) is 19.7 Å². The van der Waals surface area contributed by atoms with Crippen LogP contribution in [0.25, 0.3) is 0 Å². The van der Waals surface area contributed by atoms with Crippen LogP contribution in [0.5, 0.6) is 5.75 Å². The molecule has 198 valence electrons. The van der Waals surface area contributed by atoms with Crippen LogP contribution in [0.3, 0.4) is 0 Å². The molecule has 0 N–H and O–H groups in total. The first kappa shape index (κ1) is 26.1. The summed E-state index contributed by atoms with van der Waals surface area (Å²) in [5, 5.41) is 2.50. The van der Waals surface area contributed by atoms with Gasteiger partial charge in [0.2, 0.25) is 5.91 Å². The van der Waals surface area contributed by atoms with E-state index in [0.717, 1.165) is 42.7 Å². The van der Waals surface area contributed by atoms with Gasteiger partial charge in [-0.1, -0.05) is 24.3 Å². The number of halogens is 1. The van der Waals surface area contributed by atoms with Crippen LogP contribution >= 0.6 is 11.3 Å². The van der Waals surface area contributed by atoms with Gasteiger partial charge < -0.3 is 14.5 Å². The smallest absolute Gasteiger partial charge is 0.273 e. The molecule has 7 nitrogen and oxygen atoms in total. The van der Waals surface area contributed by atoms with Gasteiger partial charge >= 0.3 is 0 Å². The van der Waals surface area contributed by atoms with Crippen LogP contribution in [-0.2, 0) is 17.8 Å². The number of piperazine rings is 1.